The Morgan fingerprint density at radius 2 is 2.07 bits per heavy atom. The van der Waals surface area contributed by atoms with Crippen molar-refractivity contribution >= 4 is 23.4 Å². The molecule has 1 aromatic heterocycles. The molecule has 0 unspecified atom stereocenters. The summed E-state index contributed by atoms with van der Waals surface area (Å²) in [4.78, 5) is 26.9. The number of amides is 2. The van der Waals surface area contributed by atoms with Crippen LogP contribution in [-0.2, 0) is 9.53 Å². The molecule has 2 aliphatic rings. The number of nitrogens with zero attached hydrogens (tertiary/aromatic N) is 2. The van der Waals surface area contributed by atoms with Crippen LogP contribution in [0.2, 0.25) is 5.02 Å². The summed E-state index contributed by atoms with van der Waals surface area (Å²) < 4.78 is 11.1. The minimum atomic E-state index is -0.275. The monoisotopic (exact) mass is 431 g/mol. The molecule has 2 aromatic rings. The summed E-state index contributed by atoms with van der Waals surface area (Å²) >= 11 is 6.22. The quantitative estimate of drug-likeness (QED) is 0.656. The molecular weight excluding hydrogens is 406 g/mol. The number of carbonyl (C=O) groups excluding carboxylic acids is 2. The molecule has 1 N–H and O–H groups in total. The van der Waals surface area contributed by atoms with Crippen LogP contribution in [0.1, 0.15) is 42.6 Å². The molecule has 4 rings (SSSR count). The van der Waals surface area contributed by atoms with Gasteiger partial charge in [0.25, 0.3) is 5.91 Å². The number of aromatic nitrogens is 1. The second-order valence-corrected chi connectivity index (χ2v) is 8.35. The molecule has 30 heavy (non-hydrogen) atoms. The molecule has 7 nitrogen and oxygen atoms in total. The minimum Gasteiger partial charge on any atom is -0.376 e. The number of benzene rings is 1. The van der Waals surface area contributed by atoms with Gasteiger partial charge in [0.15, 0.2) is 11.5 Å². The predicted octanol–water partition coefficient (Wildman–Crippen LogP) is 3.53. The standard InChI is InChI=1S/C22H26ClN3O4/c23-18-6-2-1-5-17(18)20-12-19(25-30-20)22(28)26(14-16-4-3-11-29-16)10-9-21(27)24-13-15-7-8-15/h1-2,5-6,12,15-16H,3-4,7-11,13-14H2,(H,24,27)/t16-/m1/s1. The molecule has 2 amide bonds. The highest BCUT2D eigenvalue weighted by atomic mass is 35.5. The van der Waals surface area contributed by atoms with E-state index in [1.165, 1.54) is 12.8 Å². The molecule has 1 saturated heterocycles. The first-order valence-electron chi connectivity index (χ1n) is 10.5. The van der Waals surface area contributed by atoms with E-state index in [2.05, 4.69) is 10.5 Å². The van der Waals surface area contributed by atoms with Crippen LogP contribution in [0.4, 0.5) is 0 Å². The van der Waals surface area contributed by atoms with E-state index in [0.717, 1.165) is 19.4 Å². The Hall–Kier alpha value is -2.38. The van der Waals surface area contributed by atoms with Gasteiger partial charge in [-0.1, -0.05) is 28.9 Å². The smallest absolute Gasteiger partial charge is 0.276 e. The summed E-state index contributed by atoms with van der Waals surface area (Å²) in [5.74, 6) is 0.742. The van der Waals surface area contributed by atoms with E-state index in [0.29, 0.717) is 42.0 Å². The maximum absolute atomic E-state index is 13.1. The summed E-state index contributed by atoms with van der Waals surface area (Å²) in [6, 6.07) is 8.83. The Balaban J connectivity index is 1.43. The van der Waals surface area contributed by atoms with Crippen LogP contribution in [0.25, 0.3) is 11.3 Å². The highest BCUT2D eigenvalue weighted by molar-refractivity contribution is 6.33. The fourth-order valence-electron chi connectivity index (χ4n) is 3.54. The van der Waals surface area contributed by atoms with E-state index < -0.39 is 0 Å². The van der Waals surface area contributed by atoms with Gasteiger partial charge in [0.05, 0.1) is 11.1 Å². The van der Waals surface area contributed by atoms with Crippen LogP contribution < -0.4 is 5.32 Å². The Labute approximate surface area is 180 Å². The molecule has 1 atom stereocenters. The topological polar surface area (TPSA) is 84.7 Å². The van der Waals surface area contributed by atoms with Crippen molar-refractivity contribution in [2.45, 2.75) is 38.2 Å². The van der Waals surface area contributed by atoms with Crippen molar-refractivity contribution in [2.24, 2.45) is 5.92 Å². The van der Waals surface area contributed by atoms with Crippen molar-refractivity contribution < 1.29 is 18.8 Å². The second kappa shape index (κ2) is 9.62. The number of carbonyl (C=O) groups is 2. The fraction of sp³-hybridized carbons (Fsp3) is 0.500. The number of nitrogens with one attached hydrogen (secondary N) is 1. The third kappa shape index (κ3) is 5.40. The van der Waals surface area contributed by atoms with E-state index in [4.69, 9.17) is 20.9 Å². The molecule has 2 fully saturated rings. The Kier molecular flexibility index (Phi) is 6.69. The van der Waals surface area contributed by atoms with Crippen LogP contribution in [-0.4, -0.2) is 54.2 Å². The van der Waals surface area contributed by atoms with Gasteiger partial charge in [-0.05, 0) is 43.7 Å². The SMILES string of the molecule is O=C(CCN(C[C@H]1CCCO1)C(=O)c1cc(-c2ccccc2Cl)on1)NCC1CC1. The van der Waals surface area contributed by atoms with Gasteiger partial charge < -0.3 is 19.5 Å². The van der Waals surface area contributed by atoms with E-state index in [-0.39, 0.29) is 30.0 Å². The van der Waals surface area contributed by atoms with Gasteiger partial charge in [-0.15, -0.1) is 0 Å². The van der Waals surface area contributed by atoms with E-state index >= 15 is 0 Å². The average molecular weight is 432 g/mol. The van der Waals surface area contributed by atoms with Gasteiger partial charge in [0.1, 0.15) is 0 Å². The second-order valence-electron chi connectivity index (χ2n) is 7.94. The summed E-state index contributed by atoms with van der Waals surface area (Å²) in [7, 11) is 0. The van der Waals surface area contributed by atoms with Crippen molar-refractivity contribution in [3.63, 3.8) is 0 Å². The molecule has 8 heteroatoms. The summed E-state index contributed by atoms with van der Waals surface area (Å²) in [5.41, 5.74) is 0.872. The van der Waals surface area contributed by atoms with Crippen LogP contribution >= 0.6 is 11.6 Å². The molecule has 0 radical (unpaired) electrons. The highest BCUT2D eigenvalue weighted by Crippen LogP contribution is 2.29. The molecule has 1 aliphatic carbocycles. The molecule has 1 aliphatic heterocycles. The Morgan fingerprint density at radius 1 is 1.23 bits per heavy atom. The molecular formula is C22H26ClN3O4. The number of rotatable bonds is 9. The zero-order valence-electron chi connectivity index (χ0n) is 16.8. The lowest BCUT2D eigenvalue weighted by Gasteiger charge is -2.24. The third-order valence-electron chi connectivity index (χ3n) is 5.50. The Morgan fingerprint density at radius 3 is 2.80 bits per heavy atom. The van der Waals surface area contributed by atoms with Crippen LogP contribution in [0.5, 0.6) is 0 Å². The number of hydrogen-bond donors (Lipinski definition) is 1. The van der Waals surface area contributed by atoms with Crippen molar-refractivity contribution in [2.75, 3.05) is 26.2 Å². The van der Waals surface area contributed by atoms with Gasteiger partial charge in [-0.3, -0.25) is 9.59 Å². The average Bonchev–Trinajstić information content (AvgIpc) is 3.21. The van der Waals surface area contributed by atoms with Crippen LogP contribution in [0.3, 0.4) is 0 Å². The highest BCUT2D eigenvalue weighted by Gasteiger charge is 2.27. The summed E-state index contributed by atoms with van der Waals surface area (Å²) in [5, 5.41) is 7.43. The molecule has 1 aromatic carbocycles. The normalized spacial score (nSPS) is 18.4. The van der Waals surface area contributed by atoms with Crippen LogP contribution in [0.15, 0.2) is 34.9 Å². The first kappa shape index (κ1) is 20.9. The van der Waals surface area contributed by atoms with E-state index in [1.807, 2.05) is 18.2 Å². The molecule has 0 spiro atoms. The molecule has 2 heterocycles. The molecule has 1 saturated carbocycles. The first-order chi connectivity index (χ1) is 14.6. The van der Waals surface area contributed by atoms with Crippen LogP contribution in [0, 0.1) is 5.92 Å². The summed E-state index contributed by atoms with van der Waals surface area (Å²) in [6.07, 6.45) is 4.49. The van der Waals surface area contributed by atoms with Gasteiger partial charge >= 0.3 is 0 Å². The maximum atomic E-state index is 13.1. The maximum Gasteiger partial charge on any atom is 0.276 e. The number of ether oxygens (including phenoxy) is 1. The zero-order chi connectivity index (χ0) is 20.9. The minimum absolute atomic E-state index is 0.0154. The lowest BCUT2D eigenvalue weighted by molar-refractivity contribution is -0.121. The number of hydrogen-bond acceptors (Lipinski definition) is 5. The van der Waals surface area contributed by atoms with E-state index in [1.54, 1.807) is 17.0 Å². The van der Waals surface area contributed by atoms with Gasteiger partial charge in [-0.2, -0.15) is 0 Å². The van der Waals surface area contributed by atoms with Crippen molar-refractivity contribution in [1.29, 1.82) is 0 Å². The fourth-order valence-corrected chi connectivity index (χ4v) is 3.77. The van der Waals surface area contributed by atoms with Crippen molar-refractivity contribution in [1.82, 2.24) is 15.4 Å². The van der Waals surface area contributed by atoms with Crippen molar-refractivity contribution in [3.05, 3.63) is 41.0 Å². The third-order valence-corrected chi connectivity index (χ3v) is 5.83. The largest absolute Gasteiger partial charge is 0.376 e. The van der Waals surface area contributed by atoms with Crippen molar-refractivity contribution in [3.8, 4) is 11.3 Å². The first-order valence-corrected chi connectivity index (χ1v) is 10.9. The van der Waals surface area contributed by atoms with E-state index in [9.17, 15) is 9.59 Å². The van der Waals surface area contributed by atoms with Gasteiger partial charge in [0.2, 0.25) is 5.91 Å². The Bertz CT molecular complexity index is 890. The number of halogens is 1. The summed E-state index contributed by atoms with van der Waals surface area (Å²) in [6.45, 7) is 2.17. The van der Waals surface area contributed by atoms with Gasteiger partial charge in [-0.25, -0.2) is 0 Å². The molecule has 0 bridgehead atoms. The van der Waals surface area contributed by atoms with Gasteiger partial charge in [0, 0.05) is 44.3 Å². The predicted molar refractivity (Wildman–Crippen MR) is 112 cm³/mol. The zero-order valence-corrected chi connectivity index (χ0v) is 17.6. The lowest BCUT2D eigenvalue weighted by Crippen LogP contribution is -2.40. The molecule has 160 valence electrons. The lowest BCUT2D eigenvalue weighted by atomic mass is 10.1.